The van der Waals surface area contributed by atoms with Crippen molar-refractivity contribution in [2.24, 2.45) is 0 Å². The first-order valence-electron chi connectivity index (χ1n) is 7.86. The summed E-state index contributed by atoms with van der Waals surface area (Å²) in [4.78, 5) is 22.3. The zero-order valence-electron chi connectivity index (χ0n) is 13.8. The fourth-order valence-corrected chi connectivity index (χ4v) is 2.33. The van der Waals surface area contributed by atoms with Gasteiger partial charge in [-0.1, -0.05) is 37.3 Å². The molecular formula is C18H21N3O3. The summed E-state index contributed by atoms with van der Waals surface area (Å²) >= 11 is 0. The standard InChI is InChI=1S/C18H21N3O3/c1-3-14-7-9-15(10-8-14)13(2)20-18(22)12-19-16-5-4-6-17(11-16)21(23)24/h4-11,13,19H,3,12H2,1-2H3,(H,20,22)/t13-/m0/s1. The number of carbonyl (C=O) groups excluding carboxylic acids is 1. The molecule has 1 atom stereocenters. The van der Waals surface area contributed by atoms with Crippen molar-refractivity contribution in [3.05, 3.63) is 69.8 Å². The van der Waals surface area contributed by atoms with Crippen molar-refractivity contribution in [1.82, 2.24) is 5.32 Å². The van der Waals surface area contributed by atoms with Crippen molar-refractivity contribution in [2.75, 3.05) is 11.9 Å². The quantitative estimate of drug-likeness (QED) is 0.602. The van der Waals surface area contributed by atoms with Crippen LogP contribution in [0.2, 0.25) is 0 Å². The van der Waals surface area contributed by atoms with E-state index in [2.05, 4.69) is 29.7 Å². The number of carbonyl (C=O) groups is 1. The highest BCUT2D eigenvalue weighted by Gasteiger charge is 2.10. The Labute approximate surface area is 141 Å². The Morgan fingerprint density at radius 1 is 1.21 bits per heavy atom. The van der Waals surface area contributed by atoms with E-state index in [1.165, 1.54) is 17.7 Å². The van der Waals surface area contributed by atoms with Crippen molar-refractivity contribution in [3.8, 4) is 0 Å². The molecule has 1 amide bonds. The van der Waals surface area contributed by atoms with Crippen LogP contribution in [-0.2, 0) is 11.2 Å². The second-order valence-corrected chi connectivity index (χ2v) is 5.55. The van der Waals surface area contributed by atoms with Gasteiger partial charge < -0.3 is 10.6 Å². The third-order valence-corrected chi connectivity index (χ3v) is 3.78. The first-order valence-corrected chi connectivity index (χ1v) is 7.86. The normalized spacial score (nSPS) is 11.6. The molecule has 126 valence electrons. The number of nitrogens with zero attached hydrogens (tertiary/aromatic N) is 1. The molecule has 2 aromatic carbocycles. The number of non-ortho nitro benzene ring substituents is 1. The molecule has 0 saturated heterocycles. The Balaban J connectivity index is 1.88. The number of anilines is 1. The number of aryl methyl sites for hydroxylation is 1. The van der Waals surface area contributed by atoms with Gasteiger partial charge in [-0.05, 0) is 30.5 Å². The van der Waals surface area contributed by atoms with Gasteiger partial charge in [0.05, 0.1) is 17.5 Å². The van der Waals surface area contributed by atoms with Crippen molar-refractivity contribution >= 4 is 17.3 Å². The number of benzene rings is 2. The van der Waals surface area contributed by atoms with E-state index in [1.54, 1.807) is 12.1 Å². The molecule has 24 heavy (non-hydrogen) atoms. The highest BCUT2D eigenvalue weighted by Crippen LogP contribution is 2.17. The van der Waals surface area contributed by atoms with E-state index in [9.17, 15) is 14.9 Å². The fraction of sp³-hybridized carbons (Fsp3) is 0.278. The molecule has 0 aliphatic rings. The second-order valence-electron chi connectivity index (χ2n) is 5.55. The van der Waals surface area contributed by atoms with Gasteiger partial charge >= 0.3 is 0 Å². The summed E-state index contributed by atoms with van der Waals surface area (Å²) in [6.07, 6.45) is 0.980. The van der Waals surface area contributed by atoms with Crippen LogP contribution < -0.4 is 10.6 Å². The van der Waals surface area contributed by atoms with Gasteiger partial charge in [-0.2, -0.15) is 0 Å². The van der Waals surface area contributed by atoms with Gasteiger partial charge in [-0.25, -0.2) is 0 Å². The second kappa shape index (κ2) is 8.10. The molecule has 0 unspecified atom stereocenters. The van der Waals surface area contributed by atoms with Gasteiger partial charge in [0.15, 0.2) is 0 Å². The van der Waals surface area contributed by atoms with Gasteiger partial charge in [0, 0.05) is 17.8 Å². The molecule has 6 heteroatoms. The Kier molecular flexibility index (Phi) is 5.89. The van der Waals surface area contributed by atoms with Gasteiger partial charge in [0.2, 0.25) is 5.91 Å². The number of nitrogens with one attached hydrogen (secondary N) is 2. The number of hydrogen-bond acceptors (Lipinski definition) is 4. The smallest absolute Gasteiger partial charge is 0.271 e. The third kappa shape index (κ3) is 4.81. The van der Waals surface area contributed by atoms with E-state index < -0.39 is 4.92 Å². The molecule has 0 heterocycles. The molecule has 6 nitrogen and oxygen atoms in total. The SMILES string of the molecule is CCc1ccc([C@H](C)NC(=O)CNc2cccc([N+](=O)[O-])c2)cc1. The summed E-state index contributed by atoms with van der Waals surface area (Å²) in [5.74, 6) is -0.173. The molecule has 0 aliphatic heterocycles. The van der Waals surface area contributed by atoms with Gasteiger partial charge in [-0.3, -0.25) is 14.9 Å². The lowest BCUT2D eigenvalue weighted by molar-refractivity contribution is -0.384. The van der Waals surface area contributed by atoms with Crippen molar-refractivity contribution in [3.63, 3.8) is 0 Å². The van der Waals surface area contributed by atoms with E-state index >= 15 is 0 Å². The van der Waals surface area contributed by atoms with Crippen molar-refractivity contribution in [2.45, 2.75) is 26.3 Å². The number of amides is 1. The van der Waals surface area contributed by atoms with E-state index in [1.807, 2.05) is 19.1 Å². The average Bonchev–Trinajstić information content (AvgIpc) is 2.60. The predicted molar refractivity (Wildman–Crippen MR) is 94.0 cm³/mol. The zero-order chi connectivity index (χ0) is 17.5. The highest BCUT2D eigenvalue weighted by molar-refractivity contribution is 5.81. The molecule has 0 aliphatic carbocycles. The summed E-state index contributed by atoms with van der Waals surface area (Å²) in [6, 6.07) is 14.1. The molecule has 0 aromatic heterocycles. The Morgan fingerprint density at radius 2 is 1.92 bits per heavy atom. The van der Waals surface area contributed by atoms with E-state index in [4.69, 9.17) is 0 Å². The molecular weight excluding hydrogens is 306 g/mol. The topological polar surface area (TPSA) is 84.3 Å². The van der Waals surface area contributed by atoms with Crippen molar-refractivity contribution < 1.29 is 9.72 Å². The summed E-state index contributed by atoms with van der Waals surface area (Å²) in [7, 11) is 0. The van der Waals surface area contributed by atoms with E-state index in [0.29, 0.717) is 5.69 Å². The maximum absolute atomic E-state index is 12.0. The molecule has 0 spiro atoms. The molecule has 0 bridgehead atoms. The lowest BCUT2D eigenvalue weighted by Gasteiger charge is -2.15. The Hall–Kier alpha value is -2.89. The van der Waals surface area contributed by atoms with Crippen LogP contribution in [0.5, 0.6) is 0 Å². The maximum atomic E-state index is 12.0. The minimum Gasteiger partial charge on any atom is -0.376 e. The summed E-state index contributed by atoms with van der Waals surface area (Å²) < 4.78 is 0. The minimum atomic E-state index is -0.465. The van der Waals surface area contributed by atoms with Crippen LogP contribution in [0.4, 0.5) is 11.4 Å². The van der Waals surface area contributed by atoms with Gasteiger partial charge in [-0.15, -0.1) is 0 Å². The number of nitro benzene ring substituents is 1. The summed E-state index contributed by atoms with van der Waals surface area (Å²) in [5, 5.41) is 16.5. The van der Waals surface area contributed by atoms with Gasteiger partial charge in [0.1, 0.15) is 0 Å². The number of rotatable bonds is 7. The van der Waals surface area contributed by atoms with Crippen LogP contribution in [0.3, 0.4) is 0 Å². The summed E-state index contributed by atoms with van der Waals surface area (Å²) in [5.41, 5.74) is 2.82. The van der Waals surface area contributed by atoms with Crippen LogP contribution in [0, 0.1) is 10.1 Å². The Morgan fingerprint density at radius 3 is 2.54 bits per heavy atom. The largest absolute Gasteiger partial charge is 0.376 e. The van der Waals surface area contributed by atoms with Crippen LogP contribution in [0.25, 0.3) is 0 Å². The molecule has 2 N–H and O–H groups in total. The lowest BCUT2D eigenvalue weighted by atomic mass is 10.1. The molecule has 2 rings (SSSR count). The molecule has 0 radical (unpaired) electrons. The number of hydrogen-bond donors (Lipinski definition) is 2. The average molecular weight is 327 g/mol. The van der Waals surface area contributed by atoms with Gasteiger partial charge in [0.25, 0.3) is 5.69 Å². The predicted octanol–water partition coefficient (Wildman–Crippen LogP) is 3.45. The molecule has 0 saturated carbocycles. The fourth-order valence-electron chi connectivity index (χ4n) is 2.33. The minimum absolute atomic E-state index is 0.00945. The van der Waals surface area contributed by atoms with Crippen LogP contribution in [0.15, 0.2) is 48.5 Å². The van der Waals surface area contributed by atoms with E-state index in [-0.39, 0.29) is 24.2 Å². The van der Waals surface area contributed by atoms with Crippen LogP contribution in [0.1, 0.15) is 31.0 Å². The number of nitro groups is 1. The van der Waals surface area contributed by atoms with Crippen LogP contribution >= 0.6 is 0 Å². The molecule has 2 aromatic rings. The zero-order valence-corrected chi connectivity index (χ0v) is 13.8. The lowest BCUT2D eigenvalue weighted by Crippen LogP contribution is -2.32. The first-order chi connectivity index (χ1) is 11.5. The molecule has 0 fully saturated rings. The monoisotopic (exact) mass is 327 g/mol. The summed E-state index contributed by atoms with van der Waals surface area (Å²) in [6.45, 7) is 4.07. The third-order valence-electron chi connectivity index (χ3n) is 3.78. The first kappa shape index (κ1) is 17.5. The highest BCUT2D eigenvalue weighted by atomic mass is 16.6. The van der Waals surface area contributed by atoms with E-state index in [0.717, 1.165) is 12.0 Å². The Bertz CT molecular complexity index is 714. The van der Waals surface area contributed by atoms with Crippen molar-refractivity contribution in [1.29, 1.82) is 0 Å². The maximum Gasteiger partial charge on any atom is 0.271 e. The van der Waals surface area contributed by atoms with Crippen LogP contribution in [-0.4, -0.2) is 17.4 Å².